The van der Waals surface area contributed by atoms with Crippen molar-refractivity contribution in [3.8, 4) is 5.69 Å². The van der Waals surface area contributed by atoms with E-state index in [1.165, 1.54) is 17.7 Å². The molecule has 0 bridgehead atoms. The minimum Gasteiger partial charge on any atom is -0.352 e. The lowest BCUT2D eigenvalue weighted by Gasteiger charge is -2.35. The van der Waals surface area contributed by atoms with E-state index in [-0.39, 0.29) is 11.8 Å². The van der Waals surface area contributed by atoms with E-state index in [0.29, 0.717) is 50.6 Å². The number of amides is 2. The van der Waals surface area contributed by atoms with Crippen LogP contribution in [0.25, 0.3) is 16.7 Å². The number of hydrogen-bond donors (Lipinski definition) is 1. The lowest BCUT2D eigenvalue weighted by atomic mass is 10.1. The first-order valence-corrected chi connectivity index (χ1v) is 13.3. The third kappa shape index (κ3) is 5.46. The standard InChI is InChI=1S/C29H34FN7O/c1-4-5-14-31-29(38)36-17-15-35(16-18-36)27-26-21(3)34-37(24-12-10-23(30)11-13-24)28(26)33-25(32-27)19-22-8-6-20(2)7-9-22/h6-13H,4-5,14-19H2,1-3H3,(H,31,38). The summed E-state index contributed by atoms with van der Waals surface area (Å²) in [5, 5.41) is 8.67. The Bertz CT molecular complexity index is 1410. The van der Waals surface area contributed by atoms with Crippen LogP contribution in [0.3, 0.4) is 0 Å². The summed E-state index contributed by atoms with van der Waals surface area (Å²) in [7, 11) is 0. The molecule has 0 radical (unpaired) electrons. The molecule has 3 heterocycles. The second-order valence-corrected chi connectivity index (χ2v) is 9.86. The van der Waals surface area contributed by atoms with Crippen molar-refractivity contribution in [3.05, 3.63) is 77.0 Å². The maximum absolute atomic E-state index is 13.6. The zero-order valence-electron chi connectivity index (χ0n) is 22.2. The Morgan fingerprint density at radius 2 is 1.68 bits per heavy atom. The molecule has 0 atom stereocenters. The number of piperazine rings is 1. The number of hydrogen-bond acceptors (Lipinski definition) is 5. The Morgan fingerprint density at radius 1 is 0.974 bits per heavy atom. The molecular weight excluding hydrogens is 481 g/mol. The lowest BCUT2D eigenvalue weighted by Crippen LogP contribution is -2.52. The zero-order chi connectivity index (χ0) is 26.6. The molecule has 0 spiro atoms. The van der Waals surface area contributed by atoms with Crippen molar-refractivity contribution in [1.29, 1.82) is 0 Å². The van der Waals surface area contributed by atoms with Gasteiger partial charge in [0.1, 0.15) is 17.5 Å². The van der Waals surface area contributed by atoms with Gasteiger partial charge in [0.2, 0.25) is 0 Å². The summed E-state index contributed by atoms with van der Waals surface area (Å²) >= 11 is 0. The second-order valence-electron chi connectivity index (χ2n) is 9.86. The molecular formula is C29H34FN7O. The van der Waals surface area contributed by atoms with Crippen LogP contribution < -0.4 is 10.2 Å². The average Bonchev–Trinajstić information content (AvgIpc) is 3.26. The van der Waals surface area contributed by atoms with Gasteiger partial charge in [0.25, 0.3) is 0 Å². The van der Waals surface area contributed by atoms with Gasteiger partial charge >= 0.3 is 6.03 Å². The van der Waals surface area contributed by atoms with Crippen LogP contribution in [0.5, 0.6) is 0 Å². The molecule has 2 amide bonds. The molecule has 0 saturated carbocycles. The number of fused-ring (bicyclic) bond motifs is 1. The molecule has 0 unspecified atom stereocenters. The van der Waals surface area contributed by atoms with Crippen molar-refractivity contribution >= 4 is 22.9 Å². The summed E-state index contributed by atoms with van der Waals surface area (Å²) in [5.74, 6) is 1.22. The number of halogens is 1. The fraction of sp³-hybridized carbons (Fsp3) is 0.379. The summed E-state index contributed by atoms with van der Waals surface area (Å²) in [5.41, 5.74) is 4.57. The van der Waals surface area contributed by atoms with Crippen molar-refractivity contribution < 1.29 is 9.18 Å². The summed E-state index contributed by atoms with van der Waals surface area (Å²) in [4.78, 5) is 26.7. The third-order valence-corrected chi connectivity index (χ3v) is 6.96. The zero-order valence-corrected chi connectivity index (χ0v) is 22.2. The highest BCUT2D eigenvalue weighted by Gasteiger charge is 2.26. The van der Waals surface area contributed by atoms with E-state index in [2.05, 4.69) is 48.3 Å². The van der Waals surface area contributed by atoms with E-state index in [4.69, 9.17) is 15.1 Å². The highest BCUT2D eigenvalue weighted by Crippen LogP contribution is 2.30. The maximum Gasteiger partial charge on any atom is 0.317 e. The minimum atomic E-state index is -0.297. The van der Waals surface area contributed by atoms with Gasteiger partial charge in [-0.3, -0.25) is 0 Å². The smallest absolute Gasteiger partial charge is 0.317 e. The topological polar surface area (TPSA) is 79.2 Å². The van der Waals surface area contributed by atoms with Gasteiger partial charge in [-0.2, -0.15) is 5.10 Å². The van der Waals surface area contributed by atoms with Crippen LogP contribution in [0.4, 0.5) is 15.0 Å². The number of unbranched alkanes of at least 4 members (excludes halogenated alkanes) is 1. The van der Waals surface area contributed by atoms with Gasteiger partial charge in [0, 0.05) is 39.1 Å². The first-order valence-electron chi connectivity index (χ1n) is 13.3. The van der Waals surface area contributed by atoms with E-state index in [9.17, 15) is 9.18 Å². The number of anilines is 1. The van der Waals surface area contributed by atoms with E-state index >= 15 is 0 Å². The van der Waals surface area contributed by atoms with Crippen molar-refractivity contribution in [3.63, 3.8) is 0 Å². The molecule has 2 aromatic heterocycles. The molecule has 1 aliphatic heterocycles. The normalized spacial score (nSPS) is 13.8. The highest BCUT2D eigenvalue weighted by molar-refractivity contribution is 5.91. The van der Waals surface area contributed by atoms with Gasteiger partial charge in [0.15, 0.2) is 5.65 Å². The number of benzene rings is 2. The Balaban J connectivity index is 1.49. The Kier molecular flexibility index (Phi) is 7.53. The molecule has 5 rings (SSSR count). The van der Waals surface area contributed by atoms with Crippen molar-refractivity contribution in [1.82, 2.24) is 30.0 Å². The van der Waals surface area contributed by atoms with Crippen LogP contribution in [0.1, 0.15) is 42.4 Å². The van der Waals surface area contributed by atoms with Gasteiger partial charge in [-0.05, 0) is 50.1 Å². The molecule has 2 aromatic carbocycles. The number of urea groups is 1. The molecule has 9 heteroatoms. The van der Waals surface area contributed by atoms with Crippen LogP contribution in [-0.2, 0) is 6.42 Å². The monoisotopic (exact) mass is 515 g/mol. The van der Waals surface area contributed by atoms with Crippen LogP contribution in [0, 0.1) is 19.7 Å². The molecule has 198 valence electrons. The van der Waals surface area contributed by atoms with Gasteiger partial charge in [-0.25, -0.2) is 23.8 Å². The van der Waals surface area contributed by atoms with Gasteiger partial charge in [0.05, 0.1) is 16.8 Å². The number of nitrogens with zero attached hydrogens (tertiary/aromatic N) is 6. The van der Waals surface area contributed by atoms with E-state index in [1.54, 1.807) is 16.8 Å². The lowest BCUT2D eigenvalue weighted by molar-refractivity contribution is 0.194. The van der Waals surface area contributed by atoms with E-state index < -0.39 is 0 Å². The van der Waals surface area contributed by atoms with Crippen LogP contribution in [0.2, 0.25) is 0 Å². The Hall–Kier alpha value is -4.01. The number of nitrogens with one attached hydrogen (secondary N) is 1. The van der Waals surface area contributed by atoms with E-state index in [1.807, 2.05) is 11.8 Å². The SMILES string of the molecule is CCCCNC(=O)N1CCN(c2nc(Cc3ccc(C)cc3)nc3c2c(C)nn3-c2ccc(F)cc2)CC1. The number of aromatic nitrogens is 4. The average molecular weight is 516 g/mol. The number of carbonyl (C=O) groups excluding carboxylic acids is 1. The summed E-state index contributed by atoms with van der Waals surface area (Å²) in [6, 6.07) is 14.6. The Labute approximate surface area is 222 Å². The third-order valence-electron chi connectivity index (χ3n) is 6.96. The van der Waals surface area contributed by atoms with Crippen LogP contribution in [0.15, 0.2) is 48.5 Å². The maximum atomic E-state index is 13.6. The molecule has 1 saturated heterocycles. The van der Waals surface area contributed by atoms with Gasteiger partial charge in [-0.15, -0.1) is 0 Å². The summed E-state index contributed by atoms with van der Waals surface area (Å²) in [6.45, 7) is 9.39. The fourth-order valence-electron chi connectivity index (χ4n) is 4.77. The predicted octanol–water partition coefficient (Wildman–Crippen LogP) is 4.79. The molecule has 1 N–H and O–H groups in total. The summed E-state index contributed by atoms with van der Waals surface area (Å²) < 4.78 is 15.4. The first kappa shape index (κ1) is 25.6. The number of carbonyl (C=O) groups is 1. The van der Waals surface area contributed by atoms with E-state index in [0.717, 1.165) is 41.0 Å². The molecule has 8 nitrogen and oxygen atoms in total. The van der Waals surface area contributed by atoms with Crippen molar-refractivity contribution in [2.24, 2.45) is 0 Å². The first-order chi connectivity index (χ1) is 18.4. The highest BCUT2D eigenvalue weighted by atomic mass is 19.1. The van der Waals surface area contributed by atoms with Crippen molar-refractivity contribution in [2.45, 2.75) is 40.0 Å². The van der Waals surface area contributed by atoms with Crippen molar-refractivity contribution in [2.75, 3.05) is 37.6 Å². The molecule has 1 aliphatic rings. The molecule has 38 heavy (non-hydrogen) atoms. The molecule has 4 aromatic rings. The number of aryl methyl sites for hydroxylation is 2. The van der Waals surface area contributed by atoms with Gasteiger partial charge < -0.3 is 15.1 Å². The minimum absolute atomic E-state index is 0.00805. The largest absolute Gasteiger partial charge is 0.352 e. The quantitative estimate of drug-likeness (QED) is 0.358. The Morgan fingerprint density at radius 3 is 2.37 bits per heavy atom. The second kappa shape index (κ2) is 11.2. The van der Waals surface area contributed by atoms with Gasteiger partial charge in [-0.1, -0.05) is 43.2 Å². The number of rotatable bonds is 7. The van der Waals surface area contributed by atoms with Crippen LogP contribution >= 0.6 is 0 Å². The van der Waals surface area contributed by atoms with Crippen LogP contribution in [-0.4, -0.2) is 63.4 Å². The fourth-order valence-corrected chi connectivity index (χ4v) is 4.77. The molecule has 1 fully saturated rings. The molecule has 0 aliphatic carbocycles. The predicted molar refractivity (Wildman–Crippen MR) is 147 cm³/mol. The summed E-state index contributed by atoms with van der Waals surface area (Å²) in [6.07, 6.45) is 2.61.